The molecule has 0 radical (unpaired) electrons. The van der Waals surface area contributed by atoms with E-state index in [2.05, 4.69) is 6.58 Å². The van der Waals surface area contributed by atoms with Crippen molar-refractivity contribution < 1.29 is 24.2 Å². The monoisotopic (exact) mass is 250 g/mol. The van der Waals surface area contributed by atoms with Gasteiger partial charge in [-0.2, -0.15) is 0 Å². The lowest BCUT2D eigenvalue weighted by Gasteiger charge is -2.50. The highest BCUT2D eigenvalue weighted by Gasteiger charge is 2.88. The summed E-state index contributed by atoms with van der Waals surface area (Å²) in [4.78, 5) is 23.6. The van der Waals surface area contributed by atoms with E-state index in [1.807, 2.05) is 0 Å². The summed E-state index contributed by atoms with van der Waals surface area (Å²) in [5, 5.41) is 8.87. The summed E-state index contributed by atoms with van der Waals surface area (Å²) in [5.74, 6) is -0.215. The molecule has 96 valence electrons. The molecule has 5 heteroatoms. The van der Waals surface area contributed by atoms with Crippen LogP contribution in [-0.2, 0) is 19.1 Å². The Labute approximate surface area is 104 Å². The predicted molar refractivity (Wildman–Crippen MR) is 58.2 cm³/mol. The fourth-order valence-electron chi connectivity index (χ4n) is 4.69. The van der Waals surface area contributed by atoms with Crippen LogP contribution in [0.15, 0.2) is 12.2 Å². The second-order valence-electron chi connectivity index (χ2n) is 6.02. The van der Waals surface area contributed by atoms with E-state index in [9.17, 15) is 9.59 Å². The Balaban J connectivity index is 1.61. The number of aliphatic hydroxyl groups excluding tert-OH is 1. The van der Waals surface area contributed by atoms with Crippen molar-refractivity contribution in [3.63, 3.8) is 0 Å². The number of rotatable bonds is 3. The molecule has 2 aliphatic heterocycles. The van der Waals surface area contributed by atoms with E-state index in [1.54, 1.807) is 0 Å². The van der Waals surface area contributed by atoms with Gasteiger partial charge in [0.05, 0.1) is 17.6 Å². The summed E-state index contributed by atoms with van der Waals surface area (Å²) in [6.07, 6.45) is 2.05. The largest absolute Gasteiger partial charge is 0.454 e. The van der Waals surface area contributed by atoms with E-state index in [-0.39, 0.29) is 34.9 Å². The number of ether oxygens (including phenoxy) is 2. The Morgan fingerprint density at radius 2 is 2.39 bits per heavy atom. The molecule has 4 bridgehead atoms. The highest BCUT2D eigenvalue weighted by molar-refractivity contribution is 5.89. The van der Waals surface area contributed by atoms with Gasteiger partial charge in [-0.1, -0.05) is 6.58 Å². The van der Waals surface area contributed by atoms with Gasteiger partial charge in [0, 0.05) is 18.3 Å². The van der Waals surface area contributed by atoms with Gasteiger partial charge in [0.2, 0.25) is 0 Å². The van der Waals surface area contributed by atoms with Crippen LogP contribution in [0.5, 0.6) is 0 Å². The van der Waals surface area contributed by atoms with Crippen LogP contribution in [0.2, 0.25) is 0 Å². The van der Waals surface area contributed by atoms with Crippen molar-refractivity contribution >= 4 is 11.9 Å². The van der Waals surface area contributed by atoms with Crippen LogP contribution in [0.1, 0.15) is 19.3 Å². The van der Waals surface area contributed by atoms with Crippen LogP contribution in [0, 0.1) is 17.3 Å². The molecule has 5 nitrogen and oxygen atoms in total. The fraction of sp³-hybridized carbons (Fsp3) is 0.692. The molecule has 3 aliphatic carbocycles. The van der Waals surface area contributed by atoms with E-state index in [0.29, 0.717) is 6.42 Å². The molecule has 1 N–H and O–H groups in total. The average Bonchev–Trinajstić information content (AvgIpc) is 2.92. The van der Waals surface area contributed by atoms with E-state index in [4.69, 9.17) is 14.6 Å². The molecule has 5 unspecified atom stereocenters. The van der Waals surface area contributed by atoms with Gasteiger partial charge in [-0.3, -0.25) is 4.79 Å². The molecular formula is C13H14O5. The minimum Gasteiger partial charge on any atom is -0.454 e. The lowest BCUT2D eigenvalue weighted by Crippen LogP contribution is -2.61. The standard InChI is InChI=1S/C13H14O5/c1-6(4-14)10(15)17-9-7-2-8-12(3-7)5-13(8,9)18-11(12)16/h7-9,14H,1-5H2. The van der Waals surface area contributed by atoms with Gasteiger partial charge in [0.15, 0.2) is 5.60 Å². The number of carbonyl (C=O) groups is 2. The van der Waals surface area contributed by atoms with Gasteiger partial charge in [0.1, 0.15) is 6.10 Å². The fourth-order valence-corrected chi connectivity index (χ4v) is 4.69. The van der Waals surface area contributed by atoms with Crippen LogP contribution in [0.3, 0.4) is 0 Å². The lowest BCUT2D eigenvalue weighted by atomic mass is 9.52. The van der Waals surface area contributed by atoms with Gasteiger partial charge < -0.3 is 14.6 Å². The van der Waals surface area contributed by atoms with Crippen LogP contribution < -0.4 is 0 Å². The Bertz CT molecular complexity index is 494. The predicted octanol–water partition coefficient (Wildman–Crippen LogP) is 0.172. The highest BCUT2D eigenvalue weighted by atomic mass is 16.6. The third-order valence-corrected chi connectivity index (χ3v) is 5.33. The van der Waals surface area contributed by atoms with Crippen LogP contribution in [0.25, 0.3) is 0 Å². The second-order valence-corrected chi connectivity index (χ2v) is 6.02. The smallest absolute Gasteiger partial charge is 0.336 e. The van der Waals surface area contributed by atoms with Crippen molar-refractivity contribution in [1.82, 2.24) is 0 Å². The molecule has 2 spiro atoms. The molecule has 5 aliphatic rings. The maximum Gasteiger partial charge on any atom is 0.336 e. The minimum absolute atomic E-state index is 0.0454. The highest BCUT2D eigenvalue weighted by Crippen LogP contribution is 2.79. The molecule has 5 atom stereocenters. The van der Waals surface area contributed by atoms with Gasteiger partial charge in [0.25, 0.3) is 0 Å². The van der Waals surface area contributed by atoms with Crippen molar-refractivity contribution in [2.45, 2.75) is 31.0 Å². The number of fused-ring (bicyclic) bond motifs is 2. The van der Waals surface area contributed by atoms with Gasteiger partial charge >= 0.3 is 11.9 Å². The number of hydrogen-bond donors (Lipinski definition) is 1. The molecule has 18 heavy (non-hydrogen) atoms. The quantitative estimate of drug-likeness (QED) is 0.571. The first-order valence-corrected chi connectivity index (χ1v) is 6.26. The molecule has 0 amide bonds. The first-order valence-electron chi connectivity index (χ1n) is 6.26. The SMILES string of the molecule is C=C(CO)C(=O)OC1C2CC3C4(C2)CC13OC4=O. The van der Waals surface area contributed by atoms with E-state index >= 15 is 0 Å². The second kappa shape index (κ2) is 2.79. The molecule has 3 saturated carbocycles. The van der Waals surface area contributed by atoms with Crippen LogP contribution >= 0.6 is 0 Å². The van der Waals surface area contributed by atoms with Gasteiger partial charge in [-0.05, 0) is 12.8 Å². The summed E-state index contributed by atoms with van der Waals surface area (Å²) in [6.45, 7) is 3.05. The van der Waals surface area contributed by atoms with Crippen LogP contribution in [0.4, 0.5) is 0 Å². The zero-order valence-electron chi connectivity index (χ0n) is 9.85. The molecule has 5 fully saturated rings. The summed E-state index contributed by atoms with van der Waals surface area (Å²) < 4.78 is 10.9. The van der Waals surface area contributed by atoms with E-state index < -0.39 is 18.2 Å². The molecule has 2 saturated heterocycles. The van der Waals surface area contributed by atoms with Crippen molar-refractivity contribution in [3.05, 3.63) is 12.2 Å². The molecular weight excluding hydrogens is 236 g/mol. The average molecular weight is 250 g/mol. The first-order chi connectivity index (χ1) is 8.53. The third-order valence-electron chi connectivity index (χ3n) is 5.33. The van der Waals surface area contributed by atoms with Crippen molar-refractivity contribution in [3.8, 4) is 0 Å². The molecule has 0 aromatic rings. The van der Waals surface area contributed by atoms with E-state index in [1.165, 1.54) is 0 Å². The Kier molecular flexibility index (Phi) is 1.64. The maximum absolute atomic E-state index is 11.9. The Hall–Kier alpha value is -1.36. The topological polar surface area (TPSA) is 72.8 Å². The molecule has 0 aromatic carbocycles. The molecule has 2 heterocycles. The summed E-state index contributed by atoms with van der Waals surface area (Å²) in [7, 11) is 0. The van der Waals surface area contributed by atoms with Crippen LogP contribution in [-0.4, -0.2) is 35.4 Å². The van der Waals surface area contributed by atoms with Crippen molar-refractivity contribution in [1.29, 1.82) is 0 Å². The minimum atomic E-state index is -0.579. The third kappa shape index (κ3) is 0.849. The number of hydrogen-bond acceptors (Lipinski definition) is 5. The summed E-state index contributed by atoms with van der Waals surface area (Å²) >= 11 is 0. The zero-order valence-corrected chi connectivity index (χ0v) is 9.85. The number of aliphatic hydroxyl groups is 1. The Morgan fingerprint density at radius 3 is 3.11 bits per heavy atom. The normalized spacial score (nSPS) is 49.8. The number of esters is 2. The number of carbonyl (C=O) groups excluding carboxylic acids is 2. The maximum atomic E-state index is 11.9. The summed E-state index contributed by atoms with van der Waals surface area (Å²) in [6, 6.07) is 0. The summed E-state index contributed by atoms with van der Waals surface area (Å²) in [5.41, 5.74) is -0.753. The van der Waals surface area contributed by atoms with Crippen molar-refractivity contribution in [2.24, 2.45) is 17.3 Å². The Morgan fingerprint density at radius 1 is 1.61 bits per heavy atom. The first kappa shape index (κ1) is 10.6. The van der Waals surface area contributed by atoms with E-state index in [0.717, 1.165) is 12.8 Å². The molecule has 5 rings (SSSR count). The lowest BCUT2D eigenvalue weighted by molar-refractivity contribution is -0.188. The molecule has 0 aromatic heterocycles. The van der Waals surface area contributed by atoms with Crippen molar-refractivity contribution in [2.75, 3.05) is 6.61 Å². The van der Waals surface area contributed by atoms with Gasteiger partial charge in [-0.15, -0.1) is 0 Å². The zero-order chi connectivity index (χ0) is 12.7. The van der Waals surface area contributed by atoms with Gasteiger partial charge in [-0.25, -0.2) is 4.79 Å².